The van der Waals surface area contributed by atoms with Crippen LogP contribution in [0.25, 0.3) is 0 Å². The van der Waals surface area contributed by atoms with Crippen molar-refractivity contribution in [2.24, 2.45) is 0 Å². The average molecular weight is 302 g/mol. The number of hydrogen-bond donors (Lipinski definition) is 1. The molecule has 0 bridgehead atoms. The summed E-state index contributed by atoms with van der Waals surface area (Å²) in [6, 6.07) is 14.9. The van der Waals surface area contributed by atoms with Crippen molar-refractivity contribution in [2.75, 3.05) is 6.61 Å². The number of hydrogen-bond acceptors (Lipinski definition) is 2. The molecular formula is C18H20ClNO. The summed E-state index contributed by atoms with van der Waals surface area (Å²) in [5.74, 6) is 1.04. The van der Waals surface area contributed by atoms with Gasteiger partial charge in [-0.15, -0.1) is 0 Å². The molecule has 1 aliphatic rings. The molecule has 3 rings (SSSR count). The first-order valence-electron chi connectivity index (χ1n) is 7.49. The van der Waals surface area contributed by atoms with E-state index in [0.717, 1.165) is 36.8 Å². The summed E-state index contributed by atoms with van der Waals surface area (Å²) in [5.41, 5.74) is 3.88. The van der Waals surface area contributed by atoms with Gasteiger partial charge in [0.1, 0.15) is 5.75 Å². The van der Waals surface area contributed by atoms with Gasteiger partial charge in [0.2, 0.25) is 0 Å². The fourth-order valence-corrected chi connectivity index (χ4v) is 3.02. The van der Waals surface area contributed by atoms with Crippen LogP contribution in [0.2, 0.25) is 5.02 Å². The van der Waals surface area contributed by atoms with Crippen LogP contribution in [0.4, 0.5) is 0 Å². The normalized spacial score (nSPS) is 14.6. The Kier molecular flexibility index (Phi) is 4.47. The van der Waals surface area contributed by atoms with Crippen molar-refractivity contribution in [3.8, 4) is 5.75 Å². The number of fused-ring (bicyclic) bond motifs is 1. The van der Waals surface area contributed by atoms with E-state index >= 15 is 0 Å². The number of nitrogens with one attached hydrogen (secondary N) is 1. The second-order valence-corrected chi connectivity index (χ2v) is 5.87. The lowest BCUT2D eigenvalue weighted by Gasteiger charge is -2.18. The largest absolute Gasteiger partial charge is 0.493 e. The van der Waals surface area contributed by atoms with Crippen molar-refractivity contribution in [1.82, 2.24) is 5.32 Å². The molecule has 1 heterocycles. The molecule has 0 fully saturated rings. The average Bonchev–Trinajstić information content (AvgIpc) is 2.95. The lowest BCUT2D eigenvalue weighted by Crippen LogP contribution is -2.20. The molecule has 0 aliphatic carbocycles. The maximum absolute atomic E-state index is 6.03. The van der Waals surface area contributed by atoms with Gasteiger partial charge in [0, 0.05) is 24.0 Å². The molecule has 0 spiro atoms. The predicted molar refractivity (Wildman–Crippen MR) is 87.0 cm³/mol. The summed E-state index contributed by atoms with van der Waals surface area (Å²) < 4.78 is 5.57. The molecule has 2 aromatic carbocycles. The molecule has 0 saturated carbocycles. The smallest absolute Gasteiger partial charge is 0.122 e. The van der Waals surface area contributed by atoms with Crippen LogP contribution in [0.15, 0.2) is 42.5 Å². The third-order valence-corrected chi connectivity index (χ3v) is 4.20. The highest BCUT2D eigenvalue weighted by Gasteiger charge is 2.15. The van der Waals surface area contributed by atoms with E-state index in [0.29, 0.717) is 6.04 Å². The Morgan fingerprint density at radius 3 is 2.95 bits per heavy atom. The van der Waals surface area contributed by atoms with Crippen molar-refractivity contribution in [2.45, 2.75) is 32.4 Å². The van der Waals surface area contributed by atoms with Crippen LogP contribution in [0.3, 0.4) is 0 Å². The van der Waals surface area contributed by atoms with Crippen LogP contribution in [-0.4, -0.2) is 6.61 Å². The molecule has 3 heteroatoms. The Morgan fingerprint density at radius 1 is 1.24 bits per heavy atom. The Balaban J connectivity index is 1.70. The Hall–Kier alpha value is -1.51. The van der Waals surface area contributed by atoms with Crippen LogP contribution in [-0.2, 0) is 13.0 Å². The van der Waals surface area contributed by atoms with Gasteiger partial charge in [0.15, 0.2) is 0 Å². The molecule has 110 valence electrons. The quantitative estimate of drug-likeness (QED) is 0.877. The topological polar surface area (TPSA) is 21.3 Å². The highest BCUT2D eigenvalue weighted by Crippen LogP contribution is 2.29. The molecule has 1 N–H and O–H groups in total. The summed E-state index contributed by atoms with van der Waals surface area (Å²) in [5, 5.41) is 4.41. The molecule has 0 amide bonds. The van der Waals surface area contributed by atoms with Gasteiger partial charge < -0.3 is 10.1 Å². The predicted octanol–water partition coefficient (Wildman–Crippen LogP) is 4.52. The Labute approximate surface area is 131 Å². The van der Waals surface area contributed by atoms with E-state index in [2.05, 4.69) is 36.5 Å². The summed E-state index contributed by atoms with van der Waals surface area (Å²) in [7, 11) is 0. The summed E-state index contributed by atoms with van der Waals surface area (Å²) in [6.45, 7) is 3.84. The second kappa shape index (κ2) is 6.50. The van der Waals surface area contributed by atoms with Gasteiger partial charge in [-0.2, -0.15) is 0 Å². The summed E-state index contributed by atoms with van der Waals surface area (Å²) in [6.07, 6.45) is 2.08. The standard InChI is InChI=1S/C18H20ClNO/c1-2-17(20-12-13-4-3-5-16(19)10-13)14-6-7-18-15(11-14)8-9-21-18/h3-7,10-11,17,20H,2,8-9,12H2,1H3. The van der Waals surface area contributed by atoms with Crippen LogP contribution >= 0.6 is 11.6 Å². The summed E-state index contributed by atoms with van der Waals surface area (Å²) >= 11 is 6.03. The molecule has 1 unspecified atom stereocenters. The third kappa shape index (κ3) is 3.39. The fraction of sp³-hybridized carbons (Fsp3) is 0.333. The van der Waals surface area contributed by atoms with Gasteiger partial charge in [0.05, 0.1) is 6.61 Å². The van der Waals surface area contributed by atoms with Crippen molar-refractivity contribution >= 4 is 11.6 Å². The van der Waals surface area contributed by atoms with Crippen LogP contribution < -0.4 is 10.1 Å². The van der Waals surface area contributed by atoms with Gasteiger partial charge in [0.25, 0.3) is 0 Å². The summed E-state index contributed by atoms with van der Waals surface area (Å²) in [4.78, 5) is 0. The number of rotatable bonds is 5. The Morgan fingerprint density at radius 2 is 2.14 bits per heavy atom. The van der Waals surface area contributed by atoms with E-state index in [9.17, 15) is 0 Å². The molecule has 1 atom stereocenters. The molecule has 0 radical (unpaired) electrons. The van der Waals surface area contributed by atoms with Crippen molar-refractivity contribution in [3.63, 3.8) is 0 Å². The lowest BCUT2D eigenvalue weighted by atomic mass is 10.0. The zero-order chi connectivity index (χ0) is 14.7. The molecule has 2 aromatic rings. The lowest BCUT2D eigenvalue weighted by molar-refractivity contribution is 0.356. The molecular weight excluding hydrogens is 282 g/mol. The molecule has 1 aliphatic heterocycles. The zero-order valence-electron chi connectivity index (χ0n) is 12.2. The van der Waals surface area contributed by atoms with E-state index in [-0.39, 0.29) is 0 Å². The first-order valence-corrected chi connectivity index (χ1v) is 7.87. The minimum Gasteiger partial charge on any atom is -0.493 e. The van der Waals surface area contributed by atoms with Gasteiger partial charge in [-0.25, -0.2) is 0 Å². The zero-order valence-corrected chi connectivity index (χ0v) is 13.0. The molecule has 0 aromatic heterocycles. The fourth-order valence-electron chi connectivity index (χ4n) is 2.81. The highest BCUT2D eigenvalue weighted by molar-refractivity contribution is 6.30. The third-order valence-electron chi connectivity index (χ3n) is 3.97. The highest BCUT2D eigenvalue weighted by atomic mass is 35.5. The van der Waals surface area contributed by atoms with Crippen LogP contribution in [0, 0.1) is 0 Å². The Bertz CT molecular complexity index is 626. The van der Waals surface area contributed by atoms with Crippen LogP contribution in [0.5, 0.6) is 5.75 Å². The number of benzene rings is 2. The van der Waals surface area contributed by atoms with E-state index in [1.807, 2.05) is 18.2 Å². The minimum absolute atomic E-state index is 0.356. The first kappa shape index (κ1) is 14.4. The SMILES string of the molecule is CCC(NCc1cccc(Cl)c1)c1ccc2c(c1)CCO2. The maximum atomic E-state index is 6.03. The van der Waals surface area contributed by atoms with Gasteiger partial charge >= 0.3 is 0 Å². The molecule has 2 nitrogen and oxygen atoms in total. The molecule has 0 saturated heterocycles. The van der Waals surface area contributed by atoms with Gasteiger partial charge in [-0.05, 0) is 41.3 Å². The molecule has 21 heavy (non-hydrogen) atoms. The van der Waals surface area contributed by atoms with Gasteiger partial charge in [-0.3, -0.25) is 0 Å². The maximum Gasteiger partial charge on any atom is 0.122 e. The number of ether oxygens (including phenoxy) is 1. The second-order valence-electron chi connectivity index (χ2n) is 5.44. The van der Waals surface area contributed by atoms with Crippen molar-refractivity contribution < 1.29 is 4.74 Å². The van der Waals surface area contributed by atoms with E-state index in [1.165, 1.54) is 16.7 Å². The van der Waals surface area contributed by atoms with Gasteiger partial charge in [-0.1, -0.05) is 42.8 Å². The van der Waals surface area contributed by atoms with Crippen molar-refractivity contribution in [3.05, 3.63) is 64.2 Å². The minimum atomic E-state index is 0.356. The van der Waals surface area contributed by atoms with E-state index in [1.54, 1.807) is 0 Å². The monoisotopic (exact) mass is 301 g/mol. The van der Waals surface area contributed by atoms with Crippen molar-refractivity contribution in [1.29, 1.82) is 0 Å². The van der Waals surface area contributed by atoms with E-state index < -0.39 is 0 Å². The number of halogens is 1. The van der Waals surface area contributed by atoms with Crippen LogP contribution in [0.1, 0.15) is 36.1 Å². The van der Waals surface area contributed by atoms with E-state index in [4.69, 9.17) is 16.3 Å². The first-order chi connectivity index (χ1) is 10.3.